The molecule has 0 unspecified atom stereocenters. The molecule has 0 N–H and O–H groups in total. The molecule has 2 atom stereocenters. The molecule has 22 heavy (non-hydrogen) atoms. The molecule has 3 aliphatic rings. The highest BCUT2D eigenvalue weighted by Gasteiger charge is 2.52. The Morgan fingerprint density at radius 2 is 1.86 bits per heavy atom. The van der Waals surface area contributed by atoms with Crippen molar-refractivity contribution in [1.29, 1.82) is 0 Å². The fourth-order valence-corrected chi connectivity index (χ4v) is 5.75. The molecule has 3 fully saturated rings. The smallest absolute Gasteiger partial charge is 0.255 e. The van der Waals surface area contributed by atoms with Gasteiger partial charge in [0.2, 0.25) is 10.0 Å². The molecule has 0 spiro atoms. The van der Waals surface area contributed by atoms with Crippen LogP contribution in [-0.4, -0.2) is 64.2 Å². The van der Waals surface area contributed by atoms with Crippen LogP contribution < -0.4 is 0 Å². The predicted octanol–water partition coefficient (Wildman–Crippen LogP) is 0.258. The van der Waals surface area contributed by atoms with Crippen molar-refractivity contribution in [3.05, 3.63) is 24.0 Å². The highest BCUT2D eigenvalue weighted by atomic mass is 32.2. The number of rotatable bonds is 3. The van der Waals surface area contributed by atoms with Gasteiger partial charge in [-0.15, -0.1) is 0 Å². The quantitative estimate of drug-likeness (QED) is 0.797. The number of carbonyl (C=O) groups excluding carboxylic acids is 1. The standard InChI is InChI=1S/C14H18N4O3S/c19-14(10-3-6-15-16-9-10)17-7-4-13-12(17)5-8-18(13)22(20,21)11-1-2-11/h3,6,9,11-13H,1-2,4-5,7-8H2/t12-,13+/m1/s1. The lowest BCUT2D eigenvalue weighted by atomic mass is 10.1. The first-order valence-electron chi connectivity index (χ1n) is 7.67. The van der Waals surface area contributed by atoms with Crippen LogP contribution in [0.5, 0.6) is 0 Å². The zero-order chi connectivity index (χ0) is 15.3. The highest BCUT2D eigenvalue weighted by molar-refractivity contribution is 7.90. The molecule has 1 aliphatic carbocycles. The lowest BCUT2D eigenvalue weighted by Crippen LogP contribution is -2.42. The molecule has 1 aromatic heterocycles. The summed E-state index contributed by atoms with van der Waals surface area (Å²) in [7, 11) is -3.16. The zero-order valence-corrected chi connectivity index (χ0v) is 12.9. The van der Waals surface area contributed by atoms with E-state index in [2.05, 4.69) is 10.2 Å². The fourth-order valence-electron chi connectivity index (χ4n) is 3.66. The third-order valence-electron chi connectivity index (χ3n) is 4.89. The maximum Gasteiger partial charge on any atom is 0.255 e. The van der Waals surface area contributed by atoms with Crippen molar-refractivity contribution >= 4 is 15.9 Å². The SMILES string of the molecule is O=C(c1ccnnc1)N1CC[C@H]2[C@H]1CCN2S(=O)(=O)C1CC1. The van der Waals surface area contributed by atoms with Crippen LogP contribution in [0, 0.1) is 0 Å². The number of amides is 1. The Bertz CT molecular complexity index is 689. The average Bonchev–Trinajstić information content (AvgIpc) is 3.18. The van der Waals surface area contributed by atoms with Crippen LogP contribution in [0.3, 0.4) is 0 Å². The van der Waals surface area contributed by atoms with E-state index in [1.807, 2.05) is 4.90 Å². The maximum absolute atomic E-state index is 12.6. The largest absolute Gasteiger partial charge is 0.334 e. The summed E-state index contributed by atoms with van der Waals surface area (Å²) in [6.07, 6.45) is 5.97. The highest BCUT2D eigenvalue weighted by Crippen LogP contribution is 2.39. The number of hydrogen-bond acceptors (Lipinski definition) is 5. The van der Waals surface area contributed by atoms with E-state index in [0.717, 1.165) is 25.7 Å². The first kappa shape index (κ1) is 14.1. The van der Waals surface area contributed by atoms with Crippen molar-refractivity contribution in [1.82, 2.24) is 19.4 Å². The minimum atomic E-state index is -3.16. The van der Waals surface area contributed by atoms with E-state index >= 15 is 0 Å². The van der Waals surface area contributed by atoms with Crippen molar-refractivity contribution in [2.45, 2.75) is 43.0 Å². The molecule has 1 aromatic rings. The predicted molar refractivity (Wildman–Crippen MR) is 78.5 cm³/mol. The minimum Gasteiger partial charge on any atom is -0.334 e. The number of carbonyl (C=O) groups is 1. The Hall–Kier alpha value is -1.54. The molecule has 4 rings (SSSR count). The molecule has 2 aliphatic heterocycles. The summed E-state index contributed by atoms with van der Waals surface area (Å²) in [4.78, 5) is 14.4. The molecule has 0 radical (unpaired) electrons. The normalized spacial score (nSPS) is 28.8. The van der Waals surface area contributed by atoms with Gasteiger partial charge in [0.15, 0.2) is 0 Å². The van der Waals surface area contributed by atoms with Gasteiger partial charge in [0, 0.05) is 25.2 Å². The molecule has 0 bridgehead atoms. The van der Waals surface area contributed by atoms with Crippen LogP contribution in [0.15, 0.2) is 18.5 Å². The van der Waals surface area contributed by atoms with Gasteiger partial charge in [0.05, 0.1) is 23.2 Å². The van der Waals surface area contributed by atoms with Gasteiger partial charge in [-0.2, -0.15) is 14.5 Å². The number of aromatic nitrogens is 2. The molecule has 2 saturated heterocycles. The Balaban J connectivity index is 1.54. The monoisotopic (exact) mass is 322 g/mol. The Morgan fingerprint density at radius 1 is 1.09 bits per heavy atom. The van der Waals surface area contributed by atoms with Crippen molar-refractivity contribution in [2.24, 2.45) is 0 Å². The Labute approximate surface area is 129 Å². The summed E-state index contributed by atoms with van der Waals surface area (Å²) in [6, 6.07) is 1.59. The van der Waals surface area contributed by atoms with E-state index in [1.165, 1.54) is 12.4 Å². The van der Waals surface area contributed by atoms with Crippen molar-refractivity contribution < 1.29 is 13.2 Å². The van der Waals surface area contributed by atoms with Crippen molar-refractivity contribution in [2.75, 3.05) is 13.1 Å². The van der Waals surface area contributed by atoms with Gasteiger partial charge in [0.25, 0.3) is 5.91 Å². The van der Waals surface area contributed by atoms with Crippen LogP contribution in [0.1, 0.15) is 36.0 Å². The average molecular weight is 322 g/mol. The molecule has 1 amide bonds. The third kappa shape index (κ3) is 2.13. The molecular formula is C14H18N4O3S. The van der Waals surface area contributed by atoms with Crippen molar-refractivity contribution in [3.63, 3.8) is 0 Å². The van der Waals surface area contributed by atoms with Gasteiger partial charge in [-0.3, -0.25) is 4.79 Å². The number of fused-ring (bicyclic) bond motifs is 1. The Kier molecular flexibility index (Phi) is 3.19. The van der Waals surface area contributed by atoms with Gasteiger partial charge in [-0.05, 0) is 31.7 Å². The van der Waals surface area contributed by atoms with E-state index in [-0.39, 0.29) is 23.2 Å². The number of hydrogen-bond donors (Lipinski definition) is 0. The third-order valence-corrected chi connectivity index (χ3v) is 7.31. The topological polar surface area (TPSA) is 83.5 Å². The van der Waals surface area contributed by atoms with E-state index in [0.29, 0.717) is 18.7 Å². The summed E-state index contributed by atoms with van der Waals surface area (Å²) < 4.78 is 26.6. The molecule has 8 heteroatoms. The fraction of sp³-hybridized carbons (Fsp3) is 0.643. The summed E-state index contributed by atoms with van der Waals surface area (Å²) in [5.41, 5.74) is 0.513. The number of sulfonamides is 1. The minimum absolute atomic E-state index is 0.00538. The first-order chi connectivity index (χ1) is 10.6. The molecule has 1 saturated carbocycles. The van der Waals surface area contributed by atoms with E-state index < -0.39 is 10.0 Å². The van der Waals surface area contributed by atoms with Gasteiger partial charge in [0.1, 0.15) is 0 Å². The summed E-state index contributed by atoms with van der Waals surface area (Å²) in [5, 5.41) is 7.25. The molecule has 118 valence electrons. The van der Waals surface area contributed by atoms with Crippen LogP contribution >= 0.6 is 0 Å². The van der Waals surface area contributed by atoms with Crippen LogP contribution in [0.4, 0.5) is 0 Å². The van der Waals surface area contributed by atoms with Gasteiger partial charge in [-0.25, -0.2) is 8.42 Å². The second-order valence-corrected chi connectivity index (χ2v) is 8.36. The van der Waals surface area contributed by atoms with Gasteiger partial charge in [-0.1, -0.05) is 0 Å². The Morgan fingerprint density at radius 3 is 2.55 bits per heavy atom. The zero-order valence-electron chi connectivity index (χ0n) is 12.1. The summed E-state index contributed by atoms with van der Waals surface area (Å²) >= 11 is 0. The summed E-state index contributed by atoms with van der Waals surface area (Å²) in [5.74, 6) is -0.0759. The van der Waals surface area contributed by atoms with E-state index in [1.54, 1.807) is 10.4 Å². The van der Waals surface area contributed by atoms with Gasteiger partial charge >= 0.3 is 0 Å². The van der Waals surface area contributed by atoms with Crippen molar-refractivity contribution in [3.8, 4) is 0 Å². The van der Waals surface area contributed by atoms with E-state index in [9.17, 15) is 13.2 Å². The molecule has 7 nitrogen and oxygen atoms in total. The molecule has 3 heterocycles. The second kappa shape index (κ2) is 4.99. The molecular weight excluding hydrogens is 304 g/mol. The summed E-state index contributed by atoms with van der Waals surface area (Å²) in [6.45, 7) is 1.14. The van der Waals surface area contributed by atoms with Crippen LogP contribution in [-0.2, 0) is 10.0 Å². The first-order valence-corrected chi connectivity index (χ1v) is 9.17. The van der Waals surface area contributed by atoms with Gasteiger partial charge < -0.3 is 4.90 Å². The lowest BCUT2D eigenvalue weighted by Gasteiger charge is -2.25. The number of likely N-dealkylation sites (tertiary alicyclic amines) is 1. The maximum atomic E-state index is 12.6. The second-order valence-electron chi connectivity index (χ2n) is 6.20. The lowest BCUT2D eigenvalue weighted by molar-refractivity contribution is 0.0734. The van der Waals surface area contributed by atoms with Crippen LogP contribution in [0.25, 0.3) is 0 Å². The van der Waals surface area contributed by atoms with E-state index in [4.69, 9.17) is 0 Å². The molecule has 0 aromatic carbocycles. The van der Waals surface area contributed by atoms with Crippen LogP contribution in [0.2, 0.25) is 0 Å². The number of nitrogens with zero attached hydrogens (tertiary/aromatic N) is 4.